The molecule has 1 aliphatic heterocycles. The third-order valence-electron chi connectivity index (χ3n) is 4.17. The van der Waals surface area contributed by atoms with Crippen LogP contribution in [-0.2, 0) is 0 Å². The number of likely N-dealkylation sites (tertiary alicyclic amines) is 1. The highest BCUT2D eigenvalue weighted by Gasteiger charge is 2.30. The zero-order valence-electron chi connectivity index (χ0n) is 13.3. The maximum absolute atomic E-state index is 5.24. The summed E-state index contributed by atoms with van der Waals surface area (Å²) in [6.45, 7) is 11.4. The third-order valence-corrected chi connectivity index (χ3v) is 4.17. The van der Waals surface area contributed by atoms with Gasteiger partial charge in [0.2, 0.25) is 0 Å². The lowest BCUT2D eigenvalue weighted by atomic mass is 9.93. The summed E-state index contributed by atoms with van der Waals surface area (Å²) >= 11 is 0. The Morgan fingerprint density at radius 1 is 1.30 bits per heavy atom. The van der Waals surface area contributed by atoms with Gasteiger partial charge < -0.3 is 15.0 Å². The number of rotatable bonds is 6. The van der Waals surface area contributed by atoms with Crippen LogP contribution >= 0.6 is 0 Å². The molecule has 2 rings (SSSR count). The molecule has 1 fully saturated rings. The minimum atomic E-state index is 0.403. The van der Waals surface area contributed by atoms with E-state index in [-0.39, 0.29) is 0 Å². The van der Waals surface area contributed by atoms with Crippen LogP contribution in [0.1, 0.15) is 38.8 Å². The molecule has 3 nitrogen and oxygen atoms in total. The Balaban J connectivity index is 2.02. The highest BCUT2D eigenvalue weighted by Crippen LogP contribution is 2.30. The van der Waals surface area contributed by atoms with Crippen LogP contribution in [0.2, 0.25) is 0 Å². The zero-order chi connectivity index (χ0) is 14.6. The number of nitrogens with zero attached hydrogens (tertiary/aromatic N) is 1. The van der Waals surface area contributed by atoms with E-state index in [1.54, 1.807) is 7.11 Å². The first-order chi connectivity index (χ1) is 9.54. The maximum Gasteiger partial charge on any atom is 0.118 e. The number of nitrogens with one attached hydrogen (secondary N) is 1. The molecule has 1 unspecified atom stereocenters. The molecule has 0 bridgehead atoms. The van der Waals surface area contributed by atoms with Crippen molar-refractivity contribution in [3.05, 3.63) is 29.8 Å². The molecule has 1 aromatic carbocycles. The first kappa shape index (κ1) is 15.3. The van der Waals surface area contributed by atoms with Crippen molar-refractivity contribution in [1.29, 1.82) is 0 Å². The van der Waals surface area contributed by atoms with E-state index in [4.69, 9.17) is 4.74 Å². The molecule has 0 saturated carbocycles. The van der Waals surface area contributed by atoms with Crippen molar-refractivity contribution >= 4 is 0 Å². The maximum atomic E-state index is 5.24. The van der Waals surface area contributed by atoms with Crippen LogP contribution in [0.15, 0.2) is 24.3 Å². The van der Waals surface area contributed by atoms with Crippen LogP contribution in [0.25, 0.3) is 0 Å². The minimum Gasteiger partial charge on any atom is -0.497 e. The Kier molecular flexibility index (Phi) is 5.06. The first-order valence-corrected chi connectivity index (χ1v) is 7.64. The van der Waals surface area contributed by atoms with E-state index in [9.17, 15) is 0 Å². The molecule has 0 aliphatic carbocycles. The highest BCUT2D eigenvalue weighted by atomic mass is 16.5. The Hall–Kier alpha value is -1.06. The lowest BCUT2D eigenvalue weighted by molar-refractivity contribution is 0.262. The van der Waals surface area contributed by atoms with Crippen LogP contribution in [-0.4, -0.2) is 38.2 Å². The zero-order valence-corrected chi connectivity index (χ0v) is 13.3. The van der Waals surface area contributed by atoms with Crippen molar-refractivity contribution in [3.63, 3.8) is 0 Å². The van der Waals surface area contributed by atoms with Crippen molar-refractivity contribution in [3.8, 4) is 5.75 Å². The first-order valence-electron chi connectivity index (χ1n) is 7.64. The summed E-state index contributed by atoms with van der Waals surface area (Å²) in [6.07, 6.45) is 1.30. The van der Waals surface area contributed by atoms with Crippen molar-refractivity contribution in [2.75, 3.05) is 33.3 Å². The van der Waals surface area contributed by atoms with Crippen LogP contribution in [0, 0.1) is 5.41 Å². The third kappa shape index (κ3) is 3.97. The average molecular weight is 276 g/mol. The fourth-order valence-electron chi connectivity index (χ4n) is 3.01. The van der Waals surface area contributed by atoms with E-state index >= 15 is 0 Å². The Bertz CT molecular complexity index is 414. The van der Waals surface area contributed by atoms with Gasteiger partial charge in [-0.15, -0.1) is 0 Å². The number of likely N-dealkylation sites (N-methyl/N-ethyl adjacent to an activating group) is 1. The molecule has 20 heavy (non-hydrogen) atoms. The van der Waals surface area contributed by atoms with E-state index in [2.05, 4.69) is 43.1 Å². The molecular formula is C17H28N2O. The van der Waals surface area contributed by atoms with Gasteiger partial charge in [0.25, 0.3) is 0 Å². The molecule has 1 N–H and O–H groups in total. The summed E-state index contributed by atoms with van der Waals surface area (Å²) in [6, 6.07) is 8.85. The number of hydrogen-bond acceptors (Lipinski definition) is 3. The van der Waals surface area contributed by atoms with Gasteiger partial charge >= 0.3 is 0 Å². The van der Waals surface area contributed by atoms with E-state index < -0.39 is 0 Å². The summed E-state index contributed by atoms with van der Waals surface area (Å²) in [4.78, 5) is 2.58. The van der Waals surface area contributed by atoms with Gasteiger partial charge in [-0.3, -0.25) is 0 Å². The second-order valence-electron chi connectivity index (χ2n) is 6.53. The Labute approximate surface area is 123 Å². The van der Waals surface area contributed by atoms with Crippen LogP contribution in [0.3, 0.4) is 0 Å². The van der Waals surface area contributed by atoms with E-state index in [0.717, 1.165) is 18.8 Å². The molecule has 1 saturated heterocycles. The molecule has 0 spiro atoms. The average Bonchev–Trinajstić information content (AvgIpc) is 2.78. The van der Waals surface area contributed by atoms with Gasteiger partial charge in [0, 0.05) is 19.1 Å². The Morgan fingerprint density at radius 2 is 2.00 bits per heavy atom. The number of hydrogen-bond donors (Lipinski definition) is 1. The van der Waals surface area contributed by atoms with Crippen LogP contribution in [0.5, 0.6) is 5.75 Å². The second-order valence-corrected chi connectivity index (χ2v) is 6.53. The normalized spacial score (nSPS) is 20.0. The fourth-order valence-corrected chi connectivity index (χ4v) is 3.01. The topological polar surface area (TPSA) is 24.5 Å². The summed E-state index contributed by atoms with van der Waals surface area (Å²) in [5, 5.41) is 3.61. The summed E-state index contributed by atoms with van der Waals surface area (Å²) in [5.74, 6) is 0.923. The van der Waals surface area contributed by atoms with Gasteiger partial charge in [-0.2, -0.15) is 0 Å². The monoisotopic (exact) mass is 276 g/mol. The molecule has 3 heteroatoms. The summed E-state index contributed by atoms with van der Waals surface area (Å²) in [5.41, 5.74) is 1.81. The molecule has 1 atom stereocenters. The van der Waals surface area contributed by atoms with Gasteiger partial charge in [-0.25, -0.2) is 0 Å². The summed E-state index contributed by atoms with van der Waals surface area (Å²) < 4.78 is 5.24. The number of methoxy groups -OCH3 is 1. The van der Waals surface area contributed by atoms with Crippen molar-refractivity contribution in [1.82, 2.24) is 10.2 Å². The smallest absolute Gasteiger partial charge is 0.118 e. The van der Waals surface area contributed by atoms with Gasteiger partial charge in [-0.1, -0.05) is 32.9 Å². The predicted octanol–water partition coefficient (Wildman–Crippen LogP) is 3.08. The molecule has 0 aromatic heterocycles. The van der Waals surface area contributed by atoms with E-state index in [0.29, 0.717) is 11.5 Å². The molecule has 1 heterocycles. The molecule has 0 amide bonds. The van der Waals surface area contributed by atoms with Gasteiger partial charge in [0.05, 0.1) is 7.11 Å². The Morgan fingerprint density at radius 3 is 2.50 bits per heavy atom. The van der Waals surface area contributed by atoms with Gasteiger partial charge in [0.1, 0.15) is 5.75 Å². The highest BCUT2D eigenvalue weighted by molar-refractivity contribution is 5.29. The molecule has 0 radical (unpaired) electrons. The van der Waals surface area contributed by atoms with Crippen LogP contribution in [0.4, 0.5) is 0 Å². The fraction of sp³-hybridized carbons (Fsp3) is 0.647. The van der Waals surface area contributed by atoms with Gasteiger partial charge in [0.15, 0.2) is 0 Å². The minimum absolute atomic E-state index is 0.403. The molecular weight excluding hydrogens is 248 g/mol. The summed E-state index contributed by atoms with van der Waals surface area (Å²) in [7, 11) is 1.71. The van der Waals surface area contributed by atoms with Crippen molar-refractivity contribution < 1.29 is 4.74 Å². The quantitative estimate of drug-likeness (QED) is 0.864. The molecule has 1 aromatic rings. The lowest BCUT2D eigenvalue weighted by Crippen LogP contribution is -2.34. The number of ether oxygens (including phenoxy) is 1. The van der Waals surface area contributed by atoms with Gasteiger partial charge in [-0.05, 0) is 42.6 Å². The SMILES string of the molecule is CCNC(CN1CCC(C)(C)C1)c1ccc(OC)cc1. The van der Waals surface area contributed by atoms with E-state index in [1.165, 1.54) is 25.1 Å². The van der Waals surface area contributed by atoms with E-state index in [1.807, 2.05) is 12.1 Å². The van der Waals surface area contributed by atoms with Crippen LogP contribution < -0.4 is 10.1 Å². The largest absolute Gasteiger partial charge is 0.497 e. The molecule has 1 aliphatic rings. The number of benzene rings is 1. The lowest BCUT2D eigenvalue weighted by Gasteiger charge is -2.26. The van der Waals surface area contributed by atoms with Crippen molar-refractivity contribution in [2.45, 2.75) is 33.2 Å². The standard InChI is InChI=1S/C17H28N2O/c1-5-18-16(12-19-11-10-17(2,3)13-19)14-6-8-15(20-4)9-7-14/h6-9,16,18H,5,10-13H2,1-4H3. The van der Waals surface area contributed by atoms with Crippen molar-refractivity contribution in [2.24, 2.45) is 5.41 Å². The predicted molar refractivity (Wildman–Crippen MR) is 84.2 cm³/mol. The molecule has 112 valence electrons. The second kappa shape index (κ2) is 6.59.